The van der Waals surface area contributed by atoms with Crippen molar-refractivity contribution < 1.29 is 31.5 Å². The molecule has 1 amide bonds. The Morgan fingerprint density at radius 1 is 1.26 bits per heavy atom. The molecule has 15 heteroatoms. The minimum Gasteiger partial charge on any atom is -0.486 e. The summed E-state index contributed by atoms with van der Waals surface area (Å²) in [5.74, 6) is -0.872. The van der Waals surface area contributed by atoms with Crippen LogP contribution in [0.25, 0.3) is 0 Å². The van der Waals surface area contributed by atoms with Gasteiger partial charge in [-0.15, -0.1) is 11.3 Å². The first-order valence-corrected chi connectivity index (χ1v) is 15.9. The smallest absolute Gasteiger partial charge is 0.281 e. The molecule has 1 aliphatic heterocycles. The first-order valence-electron chi connectivity index (χ1n) is 12.1. The predicted octanol–water partition coefficient (Wildman–Crippen LogP) is 1.82. The van der Waals surface area contributed by atoms with E-state index in [2.05, 4.69) is 9.71 Å². The van der Waals surface area contributed by atoms with Crippen molar-refractivity contribution in [1.82, 2.24) is 18.8 Å². The summed E-state index contributed by atoms with van der Waals surface area (Å²) in [6.07, 6.45) is 1.91. The maximum Gasteiger partial charge on any atom is 0.281 e. The van der Waals surface area contributed by atoms with E-state index in [1.165, 1.54) is 57.6 Å². The SMILES string of the molecule is C[C@@H]1CN([C@H](C)CO)C(=O)c2cccc(NS(=O)(=O)c3cn(C)cn3)c2O[C@@H]1CN(C)S(=O)(=O)c1cccs1. The van der Waals surface area contributed by atoms with Crippen LogP contribution >= 0.6 is 11.3 Å². The number of hydrogen-bond acceptors (Lipinski definition) is 9. The van der Waals surface area contributed by atoms with Gasteiger partial charge >= 0.3 is 0 Å². The van der Waals surface area contributed by atoms with E-state index in [-0.39, 0.29) is 45.9 Å². The molecule has 0 bridgehead atoms. The number of aryl methyl sites for hydroxylation is 1. The van der Waals surface area contributed by atoms with Crippen molar-refractivity contribution in [2.75, 3.05) is 31.5 Å². The number of carbonyl (C=O) groups excluding carboxylic acids is 1. The van der Waals surface area contributed by atoms with E-state index in [9.17, 15) is 26.7 Å². The molecule has 2 aromatic heterocycles. The number of carbonyl (C=O) groups is 1. The number of rotatable bonds is 9. The number of para-hydroxylation sites is 1. The maximum atomic E-state index is 13.6. The number of aliphatic hydroxyl groups is 1. The zero-order valence-electron chi connectivity index (χ0n) is 21.9. The number of nitrogens with one attached hydrogen (secondary N) is 1. The minimum atomic E-state index is -4.14. The number of aromatic nitrogens is 2. The summed E-state index contributed by atoms with van der Waals surface area (Å²) in [5.41, 5.74) is 0.0863. The molecule has 0 saturated heterocycles. The molecular weight excluding hydrogens is 566 g/mol. The first-order chi connectivity index (χ1) is 18.3. The second-order valence-electron chi connectivity index (χ2n) is 9.51. The Kier molecular flexibility index (Phi) is 8.37. The quantitative estimate of drug-likeness (QED) is 0.379. The molecule has 12 nitrogen and oxygen atoms in total. The molecule has 3 aromatic rings. The monoisotopic (exact) mass is 597 g/mol. The molecule has 212 valence electrons. The van der Waals surface area contributed by atoms with E-state index in [1.54, 1.807) is 25.4 Å². The second-order valence-corrected chi connectivity index (χ2v) is 14.4. The molecule has 3 atom stereocenters. The molecular formula is C24H31N5O7S3. The van der Waals surface area contributed by atoms with E-state index in [0.717, 1.165) is 11.3 Å². The van der Waals surface area contributed by atoms with Gasteiger partial charge < -0.3 is 19.3 Å². The zero-order chi connectivity index (χ0) is 28.5. The molecule has 4 rings (SSSR count). The highest BCUT2D eigenvalue weighted by Crippen LogP contribution is 2.36. The highest BCUT2D eigenvalue weighted by molar-refractivity contribution is 7.92. The molecule has 0 spiro atoms. The van der Waals surface area contributed by atoms with Crippen LogP contribution in [0.3, 0.4) is 0 Å². The van der Waals surface area contributed by atoms with Crippen LogP contribution in [0.5, 0.6) is 5.75 Å². The second kappa shape index (κ2) is 11.3. The number of sulfonamides is 2. The van der Waals surface area contributed by atoms with Gasteiger partial charge in [0, 0.05) is 32.8 Å². The van der Waals surface area contributed by atoms with Crippen molar-refractivity contribution in [3.05, 3.63) is 53.8 Å². The van der Waals surface area contributed by atoms with Gasteiger partial charge in [-0.05, 0) is 30.5 Å². The van der Waals surface area contributed by atoms with Crippen LogP contribution in [0, 0.1) is 5.92 Å². The third kappa shape index (κ3) is 5.96. The fourth-order valence-corrected chi connectivity index (χ4v) is 7.61. The highest BCUT2D eigenvalue weighted by atomic mass is 32.2. The van der Waals surface area contributed by atoms with E-state index >= 15 is 0 Å². The Hall–Kier alpha value is -2.98. The molecule has 3 heterocycles. The van der Waals surface area contributed by atoms with Crippen LogP contribution in [0.15, 0.2) is 57.5 Å². The number of likely N-dealkylation sites (N-methyl/N-ethyl adjacent to an activating group) is 1. The van der Waals surface area contributed by atoms with E-state index in [4.69, 9.17) is 4.74 Å². The maximum absolute atomic E-state index is 13.6. The molecule has 0 unspecified atom stereocenters. The van der Waals surface area contributed by atoms with E-state index in [0.29, 0.717) is 0 Å². The summed E-state index contributed by atoms with van der Waals surface area (Å²) < 4.78 is 64.1. The van der Waals surface area contributed by atoms with Gasteiger partial charge in [0.1, 0.15) is 10.3 Å². The van der Waals surface area contributed by atoms with Crippen LogP contribution in [0.1, 0.15) is 24.2 Å². The number of benzene rings is 1. The summed E-state index contributed by atoms with van der Waals surface area (Å²) in [6, 6.07) is 7.10. The standard InChI is InChI=1S/C24H31N5O7S3/c1-16-11-29(17(2)14-30)24(31)18-7-5-8-19(26-38(32,33)21-13-27(3)15-25-21)23(18)36-20(16)12-28(4)39(34,35)22-9-6-10-37-22/h5-10,13,15-17,20,26,30H,11-12,14H2,1-4H3/t16-,17-,20-/m1/s1. The van der Waals surface area contributed by atoms with Gasteiger partial charge in [-0.2, -0.15) is 12.7 Å². The number of nitrogens with zero attached hydrogens (tertiary/aromatic N) is 4. The lowest BCUT2D eigenvalue weighted by Gasteiger charge is -2.38. The average Bonchev–Trinajstić information content (AvgIpc) is 3.59. The van der Waals surface area contributed by atoms with Gasteiger partial charge in [0.05, 0.1) is 36.8 Å². The van der Waals surface area contributed by atoms with Gasteiger partial charge in [0.15, 0.2) is 10.8 Å². The van der Waals surface area contributed by atoms with Gasteiger partial charge in [-0.25, -0.2) is 13.4 Å². The van der Waals surface area contributed by atoms with E-state index in [1.807, 2.05) is 6.92 Å². The summed E-state index contributed by atoms with van der Waals surface area (Å²) >= 11 is 1.10. The molecule has 1 aliphatic rings. The number of fused-ring (bicyclic) bond motifs is 1. The van der Waals surface area contributed by atoms with Gasteiger partial charge in [-0.3, -0.25) is 9.52 Å². The van der Waals surface area contributed by atoms with Gasteiger partial charge in [-0.1, -0.05) is 19.1 Å². The van der Waals surface area contributed by atoms with Crippen molar-refractivity contribution in [2.45, 2.75) is 35.2 Å². The average molecular weight is 598 g/mol. The van der Waals surface area contributed by atoms with Crippen LogP contribution < -0.4 is 9.46 Å². The summed E-state index contributed by atoms with van der Waals surface area (Å²) in [7, 11) is -4.86. The van der Waals surface area contributed by atoms with Crippen molar-refractivity contribution in [2.24, 2.45) is 13.0 Å². The minimum absolute atomic E-state index is 0.00553. The summed E-state index contributed by atoms with van der Waals surface area (Å²) in [4.78, 5) is 19.0. The molecule has 0 fully saturated rings. The number of ether oxygens (including phenoxy) is 1. The molecule has 0 saturated carbocycles. The van der Waals surface area contributed by atoms with Crippen molar-refractivity contribution in [3.63, 3.8) is 0 Å². The lowest BCUT2D eigenvalue weighted by molar-refractivity contribution is 0.0389. The third-order valence-corrected chi connectivity index (χ3v) is 10.9. The van der Waals surface area contributed by atoms with Crippen LogP contribution in [-0.4, -0.2) is 85.5 Å². The molecule has 0 radical (unpaired) electrons. The number of anilines is 1. The molecule has 0 aliphatic carbocycles. The number of amides is 1. The third-order valence-electron chi connectivity index (χ3n) is 6.49. The van der Waals surface area contributed by atoms with Crippen molar-refractivity contribution in [1.29, 1.82) is 0 Å². The Bertz CT molecular complexity index is 1540. The molecule has 39 heavy (non-hydrogen) atoms. The molecule has 1 aromatic carbocycles. The largest absolute Gasteiger partial charge is 0.486 e. The van der Waals surface area contributed by atoms with E-state index < -0.39 is 44.0 Å². The number of thiophene rings is 1. The number of hydrogen-bond donors (Lipinski definition) is 2. The molecule has 2 N–H and O–H groups in total. The van der Waals surface area contributed by atoms with Crippen LogP contribution in [0.2, 0.25) is 0 Å². The van der Waals surface area contributed by atoms with Crippen LogP contribution in [-0.2, 0) is 27.1 Å². The first kappa shape index (κ1) is 29.0. The Morgan fingerprint density at radius 2 is 2.00 bits per heavy atom. The fraction of sp³-hybridized carbons (Fsp3) is 0.417. The predicted molar refractivity (Wildman–Crippen MR) is 146 cm³/mol. The van der Waals surface area contributed by atoms with Gasteiger partial charge in [0.2, 0.25) is 0 Å². The highest BCUT2D eigenvalue weighted by Gasteiger charge is 2.36. The Balaban J connectivity index is 1.76. The lowest BCUT2D eigenvalue weighted by atomic mass is 9.99. The van der Waals surface area contributed by atoms with Gasteiger partial charge in [0.25, 0.3) is 26.0 Å². The topological polar surface area (TPSA) is 151 Å². The number of imidazole rings is 1. The number of aliphatic hydroxyl groups excluding tert-OH is 1. The van der Waals surface area contributed by atoms with Crippen LogP contribution in [0.4, 0.5) is 5.69 Å². The van der Waals surface area contributed by atoms with Crippen molar-refractivity contribution >= 4 is 43.0 Å². The fourth-order valence-electron chi connectivity index (χ4n) is 4.18. The zero-order valence-corrected chi connectivity index (χ0v) is 24.3. The normalized spacial score (nSPS) is 19.2. The Morgan fingerprint density at radius 3 is 2.62 bits per heavy atom. The summed E-state index contributed by atoms with van der Waals surface area (Å²) in [6.45, 7) is 3.33. The Labute approximate surface area is 231 Å². The summed E-state index contributed by atoms with van der Waals surface area (Å²) in [5, 5.41) is 11.3. The lowest BCUT2D eigenvalue weighted by Crippen LogP contribution is -2.50. The van der Waals surface area contributed by atoms with Crippen molar-refractivity contribution in [3.8, 4) is 5.75 Å².